The van der Waals surface area contributed by atoms with Gasteiger partial charge in [0, 0.05) is 31.2 Å². The van der Waals surface area contributed by atoms with Crippen LogP contribution in [0.5, 0.6) is 11.5 Å². The number of nitrogens with zero attached hydrogens (tertiary/aromatic N) is 1. The monoisotopic (exact) mass is 278 g/mol. The maximum absolute atomic E-state index is 5.54. The first-order valence-corrected chi connectivity index (χ1v) is 7.28. The molecule has 0 bridgehead atoms. The van der Waals surface area contributed by atoms with Gasteiger partial charge in [0.15, 0.2) is 0 Å². The Morgan fingerprint density at radius 3 is 2.60 bits per heavy atom. The Morgan fingerprint density at radius 2 is 2.00 bits per heavy atom. The Morgan fingerprint density at radius 1 is 1.25 bits per heavy atom. The number of piperazine rings is 1. The van der Waals surface area contributed by atoms with Gasteiger partial charge in [-0.2, -0.15) is 0 Å². The minimum absolute atomic E-state index is 0.451. The lowest BCUT2D eigenvalue weighted by Crippen LogP contribution is -2.57. The highest BCUT2D eigenvalue weighted by molar-refractivity contribution is 5.62. The number of nitrogens with one attached hydrogen (secondary N) is 1. The molecule has 1 aliphatic heterocycles. The summed E-state index contributed by atoms with van der Waals surface area (Å²) in [5, 5.41) is 3.62. The van der Waals surface area contributed by atoms with Crippen LogP contribution in [0.1, 0.15) is 20.8 Å². The molecule has 1 N–H and O–H groups in total. The van der Waals surface area contributed by atoms with Crippen molar-refractivity contribution in [3.05, 3.63) is 18.2 Å². The normalized spacial score (nSPS) is 23.0. The summed E-state index contributed by atoms with van der Waals surface area (Å²) in [5.74, 6) is 2.32. The predicted octanol–water partition coefficient (Wildman–Crippen LogP) is 2.53. The van der Waals surface area contributed by atoms with Crippen LogP contribution in [0.4, 0.5) is 5.69 Å². The van der Waals surface area contributed by atoms with Gasteiger partial charge in [-0.1, -0.05) is 13.8 Å². The predicted molar refractivity (Wildman–Crippen MR) is 83.0 cm³/mol. The van der Waals surface area contributed by atoms with E-state index in [-0.39, 0.29) is 0 Å². The van der Waals surface area contributed by atoms with E-state index in [1.165, 1.54) is 0 Å². The molecule has 0 aliphatic carbocycles. The fourth-order valence-electron chi connectivity index (χ4n) is 2.69. The van der Waals surface area contributed by atoms with Gasteiger partial charge in [0.2, 0.25) is 0 Å². The van der Waals surface area contributed by atoms with Crippen molar-refractivity contribution in [1.29, 1.82) is 0 Å². The van der Waals surface area contributed by atoms with Crippen molar-refractivity contribution in [2.24, 2.45) is 5.92 Å². The van der Waals surface area contributed by atoms with E-state index in [0.717, 1.165) is 30.3 Å². The Bertz CT molecular complexity index is 448. The van der Waals surface area contributed by atoms with Gasteiger partial charge in [-0.05, 0) is 25.0 Å². The molecule has 1 fully saturated rings. The average Bonchev–Trinajstić information content (AvgIpc) is 2.47. The quantitative estimate of drug-likeness (QED) is 0.917. The molecule has 1 heterocycles. The smallest absolute Gasteiger partial charge is 0.145 e. The molecule has 2 rings (SSSR count). The fraction of sp³-hybridized carbons (Fsp3) is 0.625. The second kappa shape index (κ2) is 6.35. The van der Waals surface area contributed by atoms with Crippen LogP contribution < -0.4 is 19.7 Å². The van der Waals surface area contributed by atoms with Crippen LogP contribution in [-0.2, 0) is 0 Å². The summed E-state index contributed by atoms with van der Waals surface area (Å²) in [7, 11) is 3.39. The number of benzene rings is 1. The van der Waals surface area contributed by atoms with Crippen LogP contribution in [0.25, 0.3) is 0 Å². The van der Waals surface area contributed by atoms with Gasteiger partial charge in [-0.3, -0.25) is 0 Å². The van der Waals surface area contributed by atoms with Gasteiger partial charge in [0.1, 0.15) is 11.5 Å². The van der Waals surface area contributed by atoms with Crippen molar-refractivity contribution >= 4 is 5.69 Å². The highest BCUT2D eigenvalue weighted by Crippen LogP contribution is 2.34. The zero-order chi connectivity index (χ0) is 14.7. The van der Waals surface area contributed by atoms with Crippen molar-refractivity contribution in [2.75, 3.05) is 32.2 Å². The third-order valence-corrected chi connectivity index (χ3v) is 4.10. The number of hydrogen-bond donors (Lipinski definition) is 1. The van der Waals surface area contributed by atoms with Crippen LogP contribution in [0.3, 0.4) is 0 Å². The Hall–Kier alpha value is -1.42. The molecule has 0 spiro atoms. The Balaban J connectivity index is 2.28. The zero-order valence-corrected chi connectivity index (χ0v) is 13.1. The fourth-order valence-corrected chi connectivity index (χ4v) is 2.69. The molecule has 0 saturated carbocycles. The van der Waals surface area contributed by atoms with Crippen molar-refractivity contribution in [3.63, 3.8) is 0 Å². The van der Waals surface area contributed by atoms with Gasteiger partial charge < -0.3 is 19.7 Å². The average molecular weight is 278 g/mol. The third kappa shape index (κ3) is 3.01. The topological polar surface area (TPSA) is 33.7 Å². The molecule has 0 radical (unpaired) electrons. The molecule has 1 aromatic carbocycles. The summed E-state index contributed by atoms with van der Waals surface area (Å²) >= 11 is 0. The summed E-state index contributed by atoms with van der Waals surface area (Å²) in [6.45, 7) is 8.76. The molecular weight excluding hydrogens is 252 g/mol. The first-order valence-electron chi connectivity index (χ1n) is 7.28. The molecule has 2 atom stereocenters. The lowest BCUT2D eigenvalue weighted by molar-refractivity contribution is 0.332. The van der Waals surface area contributed by atoms with E-state index in [2.05, 4.69) is 37.1 Å². The van der Waals surface area contributed by atoms with E-state index in [0.29, 0.717) is 18.0 Å². The highest BCUT2D eigenvalue weighted by Gasteiger charge is 2.28. The van der Waals surface area contributed by atoms with Gasteiger partial charge in [-0.15, -0.1) is 0 Å². The Labute approximate surface area is 122 Å². The second-order valence-electron chi connectivity index (χ2n) is 5.80. The largest absolute Gasteiger partial charge is 0.497 e. The molecule has 0 amide bonds. The first-order chi connectivity index (χ1) is 9.56. The summed E-state index contributed by atoms with van der Waals surface area (Å²) < 4.78 is 10.8. The summed E-state index contributed by atoms with van der Waals surface area (Å²) in [4.78, 5) is 2.43. The number of methoxy groups -OCH3 is 2. The molecule has 1 aromatic rings. The highest BCUT2D eigenvalue weighted by atomic mass is 16.5. The lowest BCUT2D eigenvalue weighted by atomic mass is 9.99. The summed E-state index contributed by atoms with van der Waals surface area (Å²) in [5.41, 5.74) is 1.15. The minimum Gasteiger partial charge on any atom is -0.497 e. The van der Waals surface area contributed by atoms with Crippen LogP contribution in [0.2, 0.25) is 0 Å². The van der Waals surface area contributed by atoms with Crippen LogP contribution >= 0.6 is 0 Å². The minimum atomic E-state index is 0.451. The maximum Gasteiger partial charge on any atom is 0.145 e. The van der Waals surface area contributed by atoms with E-state index in [1.807, 2.05) is 12.1 Å². The molecule has 20 heavy (non-hydrogen) atoms. The van der Waals surface area contributed by atoms with Crippen LogP contribution in [0.15, 0.2) is 18.2 Å². The number of hydrogen-bond acceptors (Lipinski definition) is 4. The summed E-state index contributed by atoms with van der Waals surface area (Å²) in [6.07, 6.45) is 0. The van der Waals surface area contributed by atoms with E-state index in [9.17, 15) is 0 Å². The van der Waals surface area contributed by atoms with E-state index in [1.54, 1.807) is 14.2 Å². The first kappa shape index (κ1) is 15.0. The van der Waals surface area contributed by atoms with Gasteiger partial charge in [0.25, 0.3) is 0 Å². The van der Waals surface area contributed by atoms with Crippen molar-refractivity contribution in [3.8, 4) is 11.5 Å². The molecule has 112 valence electrons. The van der Waals surface area contributed by atoms with E-state index in [4.69, 9.17) is 9.47 Å². The van der Waals surface area contributed by atoms with Crippen LogP contribution in [-0.4, -0.2) is 39.4 Å². The number of ether oxygens (including phenoxy) is 2. The third-order valence-electron chi connectivity index (χ3n) is 4.10. The zero-order valence-electron chi connectivity index (χ0n) is 13.1. The molecular formula is C16H26N2O2. The van der Waals surface area contributed by atoms with Gasteiger partial charge in [-0.25, -0.2) is 0 Å². The summed E-state index contributed by atoms with van der Waals surface area (Å²) in [6, 6.07) is 7.01. The van der Waals surface area contributed by atoms with Crippen molar-refractivity contribution in [2.45, 2.75) is 32.9 Å². The molecule has 0 aromatic heterocycles. The van der Waals surface area contributed by atoms with E-state index < -0.39 is 0 Å². The lowest BCUT2D eigenvalue weighted by Gasteiger charge is -2.42. The number of anilines is 1. The molecule has 1 saturated heterocycles. The van der Waals surface area contributed by atoms with E-state index >= 15 is 0 Å². The standard InChI is InChI=1S/C16H26N2O2/c1-11(2)14-10-18(12(3)9-17-14)15-7-6-13(19-4)8-16(15)20-5/h6-8,11-12,14,17H,9-10H2,1-5H3. The van der Waals surface area contributed by atoms with Crippen molar-refractivity contribution in [1.82, 2.24) is 5.32 Å². The Kier molecular flexibility index (Phi) is 4.76. The molecule has 2 unspecified atom stereocenters. The second-order valence-corrected chi connectivity index (χ2v) is 5.80. The van der Waals surface area contributed by atoms with Crippen LogP contribution in [0, 0.1) is 5.92 Å². The molecule has 4 nitrogen and oxygen atoms in total. The van der Waals surface area contributed by atoms with Gasteiger partial charge in [0.05, 0.1) is 19.9 Å². The molecule has 4 heteroatoms. The molecule has 1 aliphatic rings. The van der Waals surface area contributed by atoms with Crippen molar-refractivity contribution < 1.29 is 9.47 Å². The maximum atomic E-state index is 5.54. The van der Waals surface area contributed by atoms with Gasteiger partial charge >= 0.3 is 0 Å². The SMILES string of the molecule is COc1ccc(N2CC(C(C)C)NCC2C)c(OC)c1. The number of rotatable bonds is 4.